The fourth-order valence-electron chi connectivity index (χ4n) is 3.12. The van der Waals surface area contributed by atoms with E-state index in [9.17, 15) is 21.6 Å². The van der Waals surface area contributed by atoms with Crippen molar-refractivity contribution in [3.8, 4) is 11.1 Å². The van der Waals surface area contributed by atoms with Crippen molar-refractivity contribution in [2.45, 2.75) is 11.8 Å². The van der Waals surface area contributed by atoms with Crippen LogP contribution in [-0.4, -0.2) is 12.4 Å². The van der Waals surface area contributed by atoms with E-state index < -0.39 is 27.5 Å². The molecule has 0 saturated heterocycles. The van der Waals surface area contributed by atoms with Crippen LogP contribution in [0.2, 0.25) is 0 Å². The minimum atomic E-state index is -3.82. The number of fused-ring (bicyclic) bond motifs is 1. The van der Waals surface area contributed by atoms with Crippen LogP contribution in [0.1, 0.15) is 5.56 Å². The predicted molar refractivity (Wildman–Crippen MR) is 101 cm³/mol. The first-order chi connectivity index (χ1) is 13.3. The van der Waals surface area contributed by atoms with Crippen molar-refractivity contribution in [1.82, 2.24) is 3.97 Å². The van der Waals surface area contributed by atoms with E-state index in [0.717, 1.165) is 9.54 Å². The van der Waals surface area contributed by atoms with Crippen molar-refractivity contribution in [2.75, 3.05) is 0 Å². The number of aromatic nitrogens is 1. The van der Waals surface area contributed by atoms with Crippen molar-refractivity contribution in [2.24, 2.45) is 0 Å². The van der Waals surface area contributed by atoms with E-state index in [1.165, 1.54) is 36.5 Å². The average Bonchev–Trinajstić information content (AvgIpc) is 3.05. The zero-order valence-electron chi connectivity index (χ0n) is 14.7. The van der Waals surface area contributed by atoms with E-state index in [0.29, 0.717) is 23.0 Å². The van der Waals surface area contributed by atoms with E-state index in [-0.39, 0.29) is 16.0 Å². The largest absolute Gasteiger partial charge is 0.268 e. The van der Waals surface area contributed by atoms with Crippen LogP contribution >= 0.6 is 0 Å². The van der Waals surface area contributed by atoms with Crippen molar-refractivity contribution < 1.29 is 21.6 Å². The third-order valence-electron chi connectivity index (χ3n) is 4.53. The smallest absolute Gasteiger partial charge is 0.241 e. The van der Waals surface area contributed by atoms with Crippen molar-refractivity contribution in [3.05, 3.63) is 89.9 Å². The molecule has 7 heteroatoms. The van der Waals surface area contributed by atoms with Gasteiger partial charge in [-0.3, -0.25) is 0 Å². The predicted octanol–water partition coefficient (Wildman–Crippen LogP) is 5.27. The van der Waals surface area contributed by atoms with Gasteiger partial charge in [-0.05, 0) is 42.8 Å². The summed E-state index contributed by atoms with van der Waals surface area (Å²) in [7, 11) is -3.82. The highest BCUT2D eigenvalue weighted by molar-refractivity contribution is 7.90. The molecule has 0 amide bonds. The molecule has 0 radical (unpaired) electrons. The van der Waals surface area contributed by atoms with Crippen molar-refractivity contribution >= 4 is 20.9 Å². The van der Waals surface area contributed by atoms with Gasteiger partial charge in [0, 0.05) is 23.7 Å². The SMILES string of the molecule is Cc1ccc(S(=O)(=O)n2ccc3cc(-c4c(F)cc(F)cc4F)ccc32)cc1. The highest BCUT2D eigenvalue weighted by atomic mass is 32.2. The molecule has 4 rings (SSSR count). The lowest BCUT2D eigenvalue weighted by molar-refractivity contribution is 0.548. The van der Waals surface area contributed by atoms with Gasteiger partial charge in [0.05, 0.1) is 16.0 Å². The molecule has 142 valence electrons. The van der Waals surface area contributed by atoms with E-state index in [1.807, 2.05) is 6.92 Å². The van der Waals surface area contributed by atoms with Gasteiger partial charge in [0.15, 0.2) is 0 Å². The van der Waals surface area contributed by atoms with Crippen molar-refractivity contribution in [3.63, 3.8) is 0 Å². The van der Waals surface area contributed by atoms with E-state index >= 15 is 0 Å². The van der Waals surface area contributed by atoms with Crippen LogP contribution in [0, 0.1) is 24.4 Å². The molecule has 0 aliphatic heterocycles. The minimum absolute atomic E-state index is 0.135. The molecule has 28 heavy (non-hydrogen) atoms. The molecule has 0 atom stereocenters. The summed E-state index contributed by atoms with van der Waals surface area (Å²) in [6.07, 6.45) is 1.39. The highest BCUT2D eigenvalue weighted by Crippen LogP contribution is 2.31. The molecular formula is C21H14F3NO2S. The summed E-state index contributed by atoms with van der Waals surface area (Å²) in [5.74, 6) is -3.05. The maximum absolute atomic E-state index is 14.1. The first-order valence-electron chi connectivity index (χ1n) is 8.35. The second kappa shape index (κ2) is 6.53. The summed E-state index contributed by atoms with van der Waals surface area (Å²) in [4.78, 5) is 0.135. The number of aryl methyl sites for hydroxylation is 1. The van der Waals surface area contributed by atoms with E-state index in [4.69, 9.17) is 0 Å². The number of hydrogen-bond acceptors (Lipinski definition) is 2. The number of halogens is 3. The lowest BCUT2D eigenvalue weighted by Gasteiger charge is -2.09. The molecule has 1 heterocycles. The van der Waals surface area contributed by atoms with Gasteiger partial charge in [-0.15, -0.1) is 0 Å². The normalized spacial score (nSPS) is 11.9. The Bertz CT molecular complexity index is 1290. The number of benzene rings is 3. The summed E-state index contributed by atoms with van der Waals surface area (Å²) in [6, 6.07) is 13.6. The van der Waals surface area contributed by atoms with Gasteiger partial charge < -0.3 is 0 Å². The van der Waals surface area contributed by atoms with Crippen LogP contribution in [0.25, 0.3) is 22.0 Å². The second-order valence-corrected chi connectivity index (χ2v) is 8.26. The average molecular weight is 401 g/mol. The van der Waals surface area contributed by atoms with Gasteiger partial charge in [-0.2, -0.15) is 0 Å². The summed E-state index contributed by atoms with van der Waals surface area (Å²) in [5.41, 5.74) is 1.13. The molecule has 1 aromatic heterocycles. The first kappa shape index (κ1) is 18.3. The minimum Gasteiger partial charge on any atom is -0.241 e. The summed E-state index contributed by atoms with van der Waals surface area (Å²) < 4.78 is 68.2. The van der Waals surface area contributed by atoms with Crippen molar-refractivity contribution in [1.29, 1.82) is 0 Å². The third kappa shape index (κ3) is 2.97. The van der Waals surface area contributed by atoms with Gasteiger partial charge in [0.1, 0.15) is 17.5 Å². The zero-order chi connectivity index (χ0) is 20.1. The number of nitrogens with zero attached hydrogens (tertiary/aromatic N) is 1. The van der Waals surface area contributed by atoms with E-state index in [2.05, 4.69) is 0 Å². The Morgan fingerprint density at radius 3 is 2.11 bits per heavy atom. The molecule has 0 aliphatic rings. The molecule has 4 aromatic rings. The van der Waals surface area contributed by atoms with Crippen LogP contribution in [-0.2, 0) is 10.0 Å². The summed E-state index contributed by atoms with van der Waals surface area (Å²) in [6.45, 7) is 1.86. The number of hydrogen-bond donors (Lipinski definition) is 0. The Morgan fingerprint density at radius 1 is 0.821 bits per heavy atom. The standard InChI is InChI=1S/C21H14F3NO2S/c1-13-2-5-17(6-3-13)28(26,27)25-9-8-14-10-15(4-7-20(14)25)21-18(23)11-16(22)12-19(21)24/h2-12H,1H3. The van der Waals surface area contributed by atoms with Gasteiger partial charge in [0.2, 0.25) is 0 Å². The maximum atomic E-state index is 14.1. The summed E-state index contributed by atoms with van der Waals surface area (Å²) in [5, 5.41) is 0.483. The molecule has 0 unspecified atom stereocenters. The van der Waals surface area contributed by atoms with Crippen LogP contribution in [0.3, 0.4) is 0 Å². The van der Waals surface area contributed by atoms with Crippen LogP contribution < -0.4 is 0 Å². The maximum Gasteiger partial charge on any atom is 0.268 e. The fourth-order valence-corrected chi connectivity index (χ4v) is 4.48. The fraction of sp³-hybridized carbons (Fsp3) is 0.0476. The third-order valence-corrected chi connectivity index (χ3v) is 6.23. The Balaban J connectivity index is 1.84. The van der Waals surface area contributed by atoms with Crippen LogP contribution in [0.15, 0.2) is 71.8 Å². The van der Waals surface area contributed by atoms with E-state index in [1.54, 1.807) is 18.2 Å². The molecular weight excluding hydrogens is 387 g/mol. The Morgan fingerprint density at radius 2 is 1.46 bits per heavy atom. The summed E-state index contributed by atoms with van der Waals surface area (Å²) >= 11 is 0. The molecule has 0 N–H and O–H groups in total. The second-order valence-electron chi connectivity index (χ2n) is 6.45. The quantitative estimate of drug-likeness (QED) is 0.469. The highest BCUT2D eigenvalue weighted by Gasteiger charge is 2.20. The number of rotatable bonds is 3. The topological polar surface area (TPSA) is 39.1 Å². The Kier molecular flexibility index (Phi) is 4.27. The molecule has 0 aliphatic carbocycles. The lowest BCUT2D eigenvalue weighted by Crippen LogP contribution is -2.11. The molecule has 0 bridgehead atoms. The lowest BCUT2D eigenvalue weighted by atomic mass is 10.0. The molecule has 0 fully saturated rings. The van der Waals surface area contributed by atoms with Gasteiger partial charge in [-0.1, -0.05) is 23.8 Å². The zero-order valence-corrected chi connectivity index (χ0v) is 15.5. The van der Waals surface area contributed by atoms with Crippen LogP contribution in [0.4, 0.5) is 13.2 Å². The van der Waals surface area contributed by atoms with Gasteiger partial charge >= 0.3 is 0 Å². The molecule has 0 saturated carbocycles. The molecule has 3 nitrogen and oxygen atoms in total. The Hall–Kier alpha value is -3.06. The van der Waals surface area contributed by atoms with Crippen LogP contribution in [0.5, 0.6) is 0 Å². The monoisotopic (exact) mass is 401 g/mol. The molecule has 3 aromatic carbocycles. The van der Waals surface area contributed by atoms with Gasteiger partial charge in [0.25, 0.3) is 10.0 Å². The Labute approximate surface area is 159 Å². The van der Waals surface area contributed by atoms with Gasteiger partial charge in [-0.25, -0.2) is 25.6 Å². The molecule has 0 spiro atoms. The first-order valence-corrected chi connectivity index (χ1v) is 9.79.